The minimum Gasteiger partial charge on any atom is -0.506 e. The average molecular weight is 477 g/mol. The molecule has 1 unspecified atom stereocenters. The molecule has 8 heteroatoms. The Morgan fingerprint density at radius 3 is 2.03 bits per heavy atom. The summed E-state index contributed by atoms with van der Waals surface area (Å²) in [7, 11) is 0. The van der Waals surface area contributed by atoms with Crippen LogP contribution in [0.1, 0.15) is 78.4 Å². The summed E-state index contributed by atoms with van der Waals surface area (Å²) in [6.07, 6.45) is 5.78. The maximum absolute atomic E-state index is 12.3. The van der Waals surface area contributed by atoms with Crippen molar-refractivity contribution >= 4 is 11.6 Å². The van der Waals surface area contributed by atoms with Crippen LogP contribution in [-0.2, 0) is 20.7 Å². The highest BCUT2D eigenvalue weighted by molar-refractivity contribution is 5.86. The highest BCUT2D eigenvalue weighted by Crippen LogP contribution is 2.33. The van der Waals surface area contributed by atoms with Crippen molar-refractivity contribution in [2.24, 2.45) is 10.8 Å². The molecule has 0 bridgehead atoms. The molecule has 1 atom stereocenters. The molecule has 3 N–H and O–H groups in total. The number of carbonyl (C=O) groups excluding carboxylic acids is 2. The smallest absolute Gasteiger partial charge is 0.226 e. The number of ketones is 2. The van der Waals surface area contributed by atoms with E-state index in [1.54, 1.807) is 0 Å². The van der Waals surface area contributed by atoms with Gasteiger partial charge in [0, 0.05) is 44.6 Å². The molecule has 0 fully saturated rings. The summed E-state index contributed by atoms with van der Waals surface area (Å²) in [5.41, 5.74) is -1.03. The fraction of sp³-hybridized carbons (Fsp3) is 0.577. The highest BCUT2D eigenvalue weighted by atomic mass is 16.5. The van der Waals surface area contributed by atoms with E-state index in [1.165, 1.54) is 12.1 Å². The maximum atomic E-state index is 12.3. The number of Topliss-reactive ketones (excluding diaryl/α,β-unsaturated/α-hetero) is 2. The van der Waals surface area contributed by atoms with Crippen LogP contribution >= 0.6 is 0 Å². The minimum atomic E-state index is -1.07. The average Bonchev–Trinajstić information content (AvgIpc) is 2.74. The Morgan fingerprint density at radius 1 is 0.941 bits per heavy atom. The first-order chi connectivity index (χ1) is 15.8. The Hall–Kier alpha value is -2.87. The predicted octanol–water partition coefficient (Wildman–Crippen LogP) is 4.48. The van der Waals surface area contributed by atoms with Gasteiger partial charge in [-0.25, -0.2) is 0 Å². The van der Waals surface area contributed by atoms with Crippen molar-refractivity contribution < 1.29 is 34.1 Å². The van der Waals surface area contributed by atoms with Crippen LogP contribution in [-0.4, -0.2) is 33.0 Å². The van der Waals surface area contributed by atoms with Gasteiger partial charge in [-0.2, -0.15) is 0 Å². The van der Waals surface area contributed by atoms with E-state index in [-0.39, 0.29) is 41.0 Å². The van der Waals surface area contributed by atoms with Gasteiger partial charge in [0.05, 0.1) is 0 Å². The number of hydrogen-bond acceptors (Lipinski definition) is 8. The van der Waals surface area contributed by atoms with Gasteiger partial charge in [-0.1, -0.05) is 27.7 Å². The first-order valence-electron chi connectivity index (χ1n) is 11.5. The number of aliphatic hydroxyl groups excluding tert-OH is 2. The molecule has 8 nitrogen and oxygen atoms in total. The molecule has 1 aliphatic heterocycles. The second-order valence-corrected chi connectivity index (χ2v) is 10.6. The van der Waals surface area contributed by atoms with Crippen LogP contribution in [0.4, 0.5) is 0 Å². The van der Waals surface area contributed by atoms with Gasteiger partial charge in [-0.3, -0.25) is 14.4 Å². The molecule has 0 spiro atoms. The lowest BCUT2D eigenvalue weighted by molar-refractivity contribution is -0.124. The van der Waals surface area contributed by atoms with Crippen LogP contribution in [0.5, 0.6) is 5.75 Å². The fourth-order valence-corrected chi connectivity index (χ4v) is 3.75. The number of allylic oxidation sites excluding steroid dienone is 1. The molecule has 0 radical (unpaired) electrons. The first kappa shape index (κ1) is 27.4. The molecule has 188 valence electrons. The number of hydrogen-bond donors (Lipinski definition) is 3. The number of aromatic hydroxyl groups is 1. The lowest BCUT2D eigenvalue weighted by Crippen LogP contribution is -2.19. The summed E-state index contributed by atoms with van der Waals surface area (Å²) < 4.78 is 10.6. The molecule has 0 amide bonds. The van der Waals surface area contributed by atoms with Crippen LogP contribution in [0.25, 0.3) is 0 Å². The zero-order valence-electron chi connectivity index (χ0n) is 20.4. The number of aliphatic hydroxyl groups is 2. The summed E-state index contributed by atoms with van der Waals surface area (Å²) in [6.45, 7) is 7.95. The number of carbonyl (C=O) groups is 2. The van der Waals surface area contributed by atoms with Crippen LogP contribution in [0.2, 0.25) is 0 Å². The van der Waals surface area contributed by atoms with E-state index in [9.17, 15) is 29.7 Å². The molecule has 1 aromatic heterocycles. The Balaban J connectivity index is 1.70. The molecular formula is C26H36O8. The lowest BCUT2D eigenvalue weighted by Gasteiger charge is -2.27. The second kappa shape index (κ2) is 11.5. The molecule has 2 rings (SSSR count). The van der Waals surface area contributed by atoms with Crippen molar-refractivity contribution in [3.05, 3.63) is 52.2 Å². The first-order valence-corrected chi connectivity index (χ1v) is 11.5. The Labute approximate surface area is 199 Å². The van der Waals surface area contributed by atoms with E-state index in [0.717, 1.165) is 12.5 Å². The van der Waals surface area contributed by atoms with Crippen molar-refractivity contribution in [2.45, 2.75) is 85.2 Å². The largest absolute Gasteiger partial charge is 0.506 e. The van der Waals surface area contributed by atoms with Gasteiger partial charge >= 0.3 is 0 Å². The molecule has 0 saturated heterocycles. The van der Waals surface area contributed by atoms with E-state index < -0.39 is 17.3 Å². The summed E-state index contributed by atoms with van der Waals surface area (Å²) >= 11 is 0. The third-order valence-electron chi connectivity index (χ3n) is 5.99. The molecule has 1 aromatic rings. The van der Waals surface area contributed by atoms with Crippen molar-refractivity contribution in [1.82, 2.24) is 0 Å². The minimum absolute atomic E-state index is 0.0224. The van der Waals surface area contributed by atoms with E-state index in [4.69, 9.17) is 9.15 Å². The summed E-state index contributed by atoms with van der Waals surface area (Å²) in [6, 6.07) is 1.26. The van der Waals surface area contributed by atoms with Gasteiger partial charge in [0.2, 0.25) is 5.43 Å². The molecule has 0 aromatic carbocycles. The van der Waals surface area contributed by atoms with Crippen molar-refractivity contribution in [2.75, 3.05) is 0 Å². The molecule has 0 aliphatic carbocycles. The van der Waals surface area contributed by atoms with E-state index in [1.807, 2.05) is 27.7 Å². The summed E-state index contributed by atoms with van der Waals surface area (Å²) in [5.74, 6) is 0.385. The number of ether oxygens (including phenoxy) is 1. The SMILES string of the molecule is CC(C)(CCC(=O)CCC(=O)CCC(C)(C)Cc1cc(=O)c(O)co1)CC1=CC(O)C(O)=CO1. The van der Waals surface area contributed by atoms with Gasteiger partial charge in [-0.15, -0.1) is 0 Å². The lowest BCUT2D eigenvalue weighted by atomic mass is 9.81. The third-order valence-corrected chi connectivity index (χ3v) is 5.99. The van der Waals surface area contributed by atoms with Gasteiger partial charge in [0.25, 0.3) is 0 Å². The highest BCUT2D eigenvalue weighted by Gasteiger charge is 2.25. The zero-order valence-corrected chi connectivity index (χ0v) is 20.4. The molecular weight excluding hydrogens is 440 g/mol. The third kappa shape index (κ3) is 9.17. The topological polar surface area (TPSA) is 134 Å². The van der Waals surface area contributed by atoms with E-state index >= 15 is 0 Å². The van der Waals surface area contributed by atoms with E-state index in [2.05, 4.69) is 0 Å². The van der Waals surface area contributed by atoms with Gasteiger partial charge < -0.3 is 24.5 Å². The van der Waals surface area contributed by atoms with Crippen LogP contribution in [0.3, 0.4) is 0 Å². The van der Waals surface area contributed by atoms with Gasteiger partial charge in [-0.05, 0) is 29.7 Å². The molecule has 2 heterocycles. The summed E-state index contributed by atoms with van der Waals surface area (Å²) in [4.78, 5) is 36.2. The molecule has 0 saturated carbocycles. The quantitative estimate of drug-likeness (QED) is 0.379. The monoisotopic (exact) mass is 476 g/mol. The zero-order chi connectivity index (χ0) is 25.5. The standard InChI is InChI=1S/C26H36O8/c1-25(2,13-19-11-21(29)23(31)15-33-19)9-7-17(27)5-6-18(28)8-10-26(3,4)14-20-12-22(30)24(32)16-34-20/h11-12,15-16,21,29,31-32H,5-10,13-14H2,1-4H3. The molecule has 1 aliphatic rings. The predicted molar refractivity (Wildman–Crippen MR) is 126 cm³/mol. The van der Waals surface area contributed by atoms with Crippen molar-refractivity contribution in [1.29, 1.82) is 0 Å². The Kier molecular flexibility index (Phi) is 9.27. The normalized spacial score (nSPS) is 16.4. The number of rotatable bonds is 13. The maximum Gasteiger partial charge on any atom is 0.226 e. The van der Waals surface area contributed by atoms with Crippen molar-refractivity contribution in [3.8, 4) is 5.75 Å². The summed E-state index contributed by atoms with van der Waals surface area (Å²) in [5, 5.41) is 28.4. The molecule has 34 heavy (non-hydrogen) atoms. The van der Waals surface area contributed by atoms with Gasteiger partial charge in [0.15, 0.2) is 11.5 Å². The fourth-order valence-electron chi connectivity index (χ4n) is 3.75. The van der Waals surface area contributed by atoms with Crippen LogP contribution in [0.15, 0.2) is 45.4 Å². The van der Waals surface area contributed by atoms with Crippen molar-refractivity contribution in [3.63, 3.8) is 0 Å². The Bertz CT molecular complexity index is 996. The van der Waals surface area contributed by atoms with Crippen LogP contribution in [0, 0.1) is 10.8 Å². The van der Waals surface area contributed by atoms with Crippen LogP contribution < -0.4 is 5.43 Å². The van der Waals surface area contributed by atoms with E-state index in [0.29, 0.717) is 50.0 Å². The Morgan fingerprint density at radius 2 is 1.50 bits per heavy atom. The second-order valence-electron chi connectivity index (χ2n) is 10.6. The van der Waals surface area contributed by atoms with Gasteiger partial charge in [0.1, 0.15) is 41.7 Å².